The van der Waals surface area contributed by atoms with E-state index in [0.717, 1.165) is 131 Å². The van der Waals surface area contributed by atoms with Crippen molar-refractivity contribution in [3.63, 3.8) is 0 Å². The first-order valence-electron chi connectivity index (χ1n) is 48.5. The van der Waals surface area contributed by atoms with E-state index in [1.165, 1.54) is 139 Å². The molecule has 0 spiro atoms. The highest BCUT2D eigenvalue weighted by Gasteiger charge is 2.53. The second kappa shape index (κ2) is 32.7. The Kier molecular flexibility index (Phi) is 19.8. The number of aryl methyl sites for hydroxylation is 12. The van der Waals surface area contributed by atoms with Gasteiger partial charge in [0.25, 0.3) is 20.1 Å². The van der Waals surface area contributed by atoms with Crippen molar-refractivity contribution in [1.82, 2.24) is 0 Å². The van der Waals surface area contributed by atoms with Crippen LogP contribution >= 0.6 is 0 Å². The van der Waals surface area contributed by atoms with Crippen LogP contribution in [0.5, 0.6) is 0 Å². The van der Waals surface area contributed by atoms with E-state index in [-0.39, 0.29) is 13.4 Å². The molecule has 19 aromatic carbocycles. The van der Waals surface area contributed by atoms with Gasteiger partial charge in [0.1, 0.15) is 0 Å². The van der Waals surface area contributed by atoms with Gasteiger partial charge in [-0.15, -0.1) is 0 Å². The van der Waals surface area contributed by atoms with Crippen LogP contribution in [0, 0.1) is 83.1 Å². The van der Waals surface area contributed by atoms with Crippen molar-refractivity contribution in [3.05, 3.63) is 467 Å². The highest BCUT2D eigenvalue weighted by atomic mass is 15.3. The first kappa shape index (κ1) is 83.4. The monoisotopic (exact) mass is 1770 g/mol. The van der Waals surface area contributed by atoms with E-state index in [1.54, 1.807) is 0 Å². The van der Waals surface area contributed by atoms with E-state index >= 15 is 0 Å². The molecule has 6 heterocycles. The molecule has 0 radical (unpaired) electrons. The maximum absolute atomic E-state index is 2.72. The summed E-state index contributed by atoms with van der Waals surface area (Å²) in [6.45, 7) is 26.4. The summed E-state index contributed by atoms with van der Waals surface area (Å²) in [6, 6.07) is 153. The molecular formula is C126H102B3N9. The third kappa shape index (κ3) is 12.9. The van der Waals surface area contributed by atoms with E-state index < -0.39 is 6.71 Å². The molecule has 6 aliphatic rings. The molecule has 0 N–H and O–H groups in total. The molecule has 25 rings (SSSR count). The number of fused-ring (bicyclic) bond motifs is 12. The summed E-state index contributed by atoms with van der Waals surface area (Å²) in [7, 11) is 0. The van der Waals surface area contributed by atoms with Gasteiger partial charge in [0.15, 0.2) is 0 Å². The molecular weight excluding hydrogens is 1670 g/mol. The van der Waals surface area contributed by atoms with E-state index in [0.29, 0.717) is 0 Å². The average Bonchev–Trinajstić information content (AvgIpc) is 0.670. The molecule has 9 nitrogen and oxygen atoms in total. The summed E-state index contributed by atoms with van der Waals surface area (Å²) in [5.41, 5.74) is 55.1. The van der Waals surface area contributed by atoms with Crippen molar-refractivity contribution in [2.75, 3.05) is 44.1 Å². The molecule has 0 unspecified atom stereocenters. The van der Waals surface area contributed by atoms with Crippen molar-refractivity contribution >= 4 is 223 Å². The zero-order valence-electron chi connectivity index (χ0n) is 79.9. The zero-order valence-corrected chi connectivity index (χ0v) is 79.9. The Morgan fingerprint density at radius 1 is 0.145 bits per heavy atom. The van der Waals surface area contributed by atoms with E-state index in [4.69, 9.17) is 0 Å². The molecule has 0 saturated carbocycles. The van der Waals surface area contributed by atoms with Crippen LogP contribution < -0.4 is 93.3 Å². The van der Waals surface area contributed by atoms with Crippen LogP contribution in [0.25, 0.3) is 0 Å². The lowest BCUT2D eigenvalue weighted by Gasteiger charge is -2.49. The van der Waals surface area contributed by atoms with Gasteiger partial charge in [-0.25, -0.2) is 0 Å². The Morgan fingerprint density at radius 3 is 0.507 bits per heavy atom. The largest absolute Gasteiger partial charge is 0.311 e. The topological polar surface area (TPSA) is 29.2 Å². The van der Waals surface area contributed by atoms with Crippen molar-refractivity contribution in [2.24, 2.45) is 0 Å². The lowest BCUT2D eigenvalue weighted by molar-refractivity contribution is 1.16. The number of benzene rings is 19. The van der Waals surface area contributed by atoms with Crippen molar-refractivity contribution in [1.29, 1.82) is 0 Å². The maximum Gasteiger partial charge on any atom is 0.252 e. The zero-order chi connectivity index (χ0) is 93.3. The van der Waals surface area contributed by atoms with Crippen LogP contribution in [0.3, 0.4) is 0 Å². The van der Waals surface area contributed by atoms with Crippen LogP contribution in [0.2, 0.25) is 0 Å². The Labute approximate surface area is 811 Å². The van der Waals surface area contributed by atoms with Crippen molar-refractivity contribution in [2.45, 2.75) is 83.1 Å². The minimum absolute atomic E-state index is 0.288. The maximum atomic E-state index is 2.72. The Hall–Kier alpha value is -16.4. The van der Waals surface area contributed by atoms with Gasteiger partial charge in [0.05, 0.1) is 51.2 Å². The molecule has 0 aliphatic carbocycles. The molecule has 0 saturated heterocycles. The molecule has 0 fully saturated rings. The Bertz CT molecular complexity index is 7500. The minimum atomic E-state index is -0.411. The molecule has 660 valence electrons. The molecule has 6 aliphatic heterocycles. The van der Waals surface area contributed by atoms with Crippen LogP contribution in [-0.2, 0) is 0 Å². The molecule has 0 amide bonds. The Morgan fingerprint density at radius 2 is 0.312 bits per heavy atom. The van der Waals surface area contributed by atoms with Crippen molar-refractivity contribution < 1.29 is 0 Å². The van der Waals surface area contributed by atoms with E-state index in [9.17, 15) is 0 Å². The number of nitrogens with zero attached hydrogens (tertiary/aromatic N) is 9. The average molecular weight is 1770 g/mol. The smallest absolute Gasteiger partial charge is 0.252 e. The van der Waals surface area contributed by atoms with Crippen molar-refractivity contribution in [3.8, 4) is 0 Å². The summed E-state index contributed by atoms with van der Waals surface area (Å²) in [5.74, 6) is 0. The van der Waals surface area contributed by atoms with Gasteiger partial charge in [-0.05, 0) is 332 Å². The predicted octanol–water partition coefficient (Wildman–Crippen LogP) is 28.0. The van der Waals surface area contributed by atoms with Gasteiger partial charge < -0.3 is 44.1 Å². The molecule has 138 heavy (non-hydrogen) atoms. The fourth-order valence-electron chi connectivity index (χ4n) is 24.4. The minimum Gasteiger partial charge on any atom is -0.311 e. The second-order valence-corrected chi connectivity index (χ2v) is 38.5. The van der Waals surface area contributed by atoms with Gasteiger partial charge in [-0.2, -0.15) is 0 Å². The third-order valence-electron chi connectivity index (χ3n) is 30.1. The summed E-state index contributed by atoms with van der Waals surface area (Å²) in [4.78, 5) is 23.6. The van der Waals surface area contributed by atoms with Gasteiger partial charge in [-0.1, -0.05) is 267 Å². The fourth-order valence-corrected chi connectivity index (χ4v) is 24.4. The first-order valence-corrected chi connectivity index (χ1v) is 48.5. The molecule has 0 aromatic heterocycles. The highest BCUT2D eigenvalue weighted by Crippen LogP contribution is 2.58. The third-order valence-corrected chi connectivity index (χ3v) is 30.1. The van der Waals surface area contributed by atoms with Crippen LogP contribution in [0.1, 0.15) is 66.8 Å². The summed E-state index contributed by atoms with van der Waals surface area (Å²) in [5, 5.41) is 0. The van der Waals surface area contributed by atoms with Crippen LogP contribution in [-0.4, -0.2) is 20.1 Å². The summed E-state index contributed by atoms with van der Waals surface area (Å²) < 4.78 is 0. The summed E-state index contributed by atoms with van der Waals surface area (Å²) in [6.07, 6.45) is 0. The first-order chi connectivity index (χ1) is 67.5. The Balaban J connectivity index is 0.837. The van der Waals surface area contributed by atoms with Gasteiger partial charge in [-0.3, -0.25) is 0 Å². The lowest BCUT2D eigenvalue weighted by atomic mass is 9.29. The number of rotatable bonds is 15. The van der Waals surface area contributed by atoms with Crippen LogP contribution in [0.4, 0.5) is 154 Å². The molecule has 0 bridgehead atoms. The second-order valence-electron chi connectivity index (χ2n) is 38.5. The predicted molar refractivity (Wildman–Crippen MR) is 589 cm³/mol. The van der Waals surface area contributed by atoms with Gasteiger partial charge in [0, 0.05) is 102 Å². The fraction of sp³-hybridized carbons (Fsp3) is 0.0952. The van der Waals surface area contributed by atoms with E-state index in [1.807, 2.05) is 0 Å². The van der Waals surface area contributed by atoms with Gasteiger partial charge in [0.2, 0.25) is 0 Å². The SMILES string of the molecule is Cc1cccc(C)c1N(c1cc2c3c(c1)N(c1ccccc1)c1cc4c(cc1B3c1ccccc1N2c1ccccc1)B1c2cc3c(cc2N(c2ccccc2)c2cc(N(c5c(C)cccc5C)c5c(C)cccc5C)cc(c21)N4c1ccccc1)N(c1ccccc1)c1cc(N(c2c(C)cccc2C)c2c(C)cccc2C)cc2c1B3c1ccccc1N2c1ccccc1)c1c(C)cccc1C. The van der Waals surface area contributed by atoms with E-state index in [2.05, 4.69) is 528 Å². The molecule has 19 aromatic rings. The number of hydrogen-bond donors (Lipinski definition) is 0. The molecule has 12 heteroatoms. The number of para-hydroxylation sites is 14. The standard InChI is InChI=1S/C126H102B3N9/c1-79-41-35-42-80(2)121(79)136(122-81(3)43-36-44-82(122)4)97-69-112-118-114(71-97)132(93-57-23-15-24-58-93)108-77-110-104(75-102(108)127(118)100-65-31-33-67-106(100)130(112)91-53-19-13-20-54-91)129-105-76-103-109(78-111(105)135(96-63-29-18-30-64-96)117-74-99(73-116(120(117)129)134(110)95-61-27-17-28-62-95)138(125-87(9)49-39-50-88(125)10)126-89(11)51-40-52-90(126)12)133(94-59-25-16-26-60-94)115-72-98(137(123-83(5)45-37-46-84(123)6)124-85(7)47-38-48-86(124)8)70-113-119(115)128(103)101-66-32-34-68-107(101)131(113)92-55-21-14-22-56-92/h13-78H,1-12H3. The number of anilines is 27. The quantitative estimate of drug-likeness (QED) is 0.0931. The lowest BCUT2D eigenvalue weighted by Crippen LogP contribution is -2.66. The number of hydrogen-bond acceptors (Lipinski definition) is 9. The van der Waals surface area contributed by atoms with Gasteiger partial charge >= 0.3 is 0 Å². The highest BCUT2D eigenvalue weighted by molar-refractivity contribution is 7.04. The van der Waals surface area contributed by atoms with Crippen LogP contribution in [0.15, 0.2) is 400 Å². The summed E-state index contributed by atoms with van der Waals surface area (Å²) >= 11 is 0. The molecule has 0 atom stereocenters. The normalized spacial score (nSPS) is 13.1.